The number of oxime groups is 1. The largest absolute Gasteiger partial charge is 0.409 e. The Labute approximate surface area is 111 Å². The monoisotopic (exact) mass is 272 g/mol. The molecule has 0 saturated carbocycles. The highest BCUT2D eigenvalue weighted by Gasteiger charge is 2.06. The fraction of sp³-hybridized carbons (Fsp3) is 0.417. The average molecular weight is 273 g/mol. The standard InChI is InChI=1S/C12H17ClN2OS/c1-8(2)5-6-17-9-3-4-10(11(13)7-9)12(14)15-16/h3-4,7-8,16H,5-6H2,1-2H3,(H2,14,15). The second kappa shape index (κ2) is 6.77. The number of hydrogen-bond acceptors (Lipinski definition) is 3. The first-order valence-electron chi connectivity index (χ1n) is 5.45. The number of nitrogens with zero attached hydrogens (tertiary/aromatic N) is 1. The molecule has 0 aliphatic rings. The molecule has 0 aliphatic heterocycles. The number of rotatable bonds is 5. The van der Waals surface area contributed by atoms with Crippen LogP contribution in [0.2, 0.25) is 5.02 Å². The highest BCUT2D eigenvalue weighted by Crippen LogP contribution is 2.26. The van der Waals surface area contributed by atoms with Crippen LogP contribution in [0.25, 0.3) is 0 Å². The van der Waals surface area contributed by atoms with E-state index in [9.17, 15) is 0 Å². The van der Waals surface area contributed by atoms with Crippen molar-refractivity contribution in [1.29, 1.82) is 0 Å². The molecule has 1 aromatic carbocycles. The van der Waals surface area contributed by atoms with Crippen molar-refractivity contribution in [2.24, 2.45) is 16.8 Å². The molecule has 0 fully saturated rings. The van der Waals surface area contributed by atoms with Crippen LogP contribution in [0.3, 0.4) is 0 Å². The first-order valence-corrected chi connectivity index (χ1v) is 6.81. The third-order valence-electron chi connectivity index (χ3n) is 2.29. The number of hydrogen-bond donors (Lipinski definition) is 2. The number of nitrogens with two attached hydrogens (primary N) is 1. The van der Waals surface area contributed by atoms with E-state index >= 15 is 0 Å². The molecule has 5 heteroatoms. The van der Waals surface area contributed by atoms with E-state index in [4.69, 9.17) is 22.5 Å². The van der Waals surface area contributed by atoms with Crippen LogP contribution in [0.4, 0.5) is 0 Å². The van der Waals surface area contributed by atoms with Crippen molar-refractivity contribution in [3.8, 4) is 0 Å². The molecule has 0 radical (unpaired) electrons. The van der Waals surface area contributed by atoms with Crippen molar-refractivity contribution in [2.45, 2.75) is 25.2 Å². The smallest absolute Gasteiger partial charge is 0.171 e. The Morgan fingerprint density at radius 2 is 2.24 bits per heavy atom. The first kappa shape index (κ1) is 14.2. The van der Waals surface area contributed by atoms with E-state index in [1.165, 1.54) is 6.42 Å². The fourth-order valence-electron chi connectivity index (χ4n) is 1.26. The van der Waals surface area contributed by atoms with Crippen LogP contribution >= 0.6 is 23.4 Å². The molecule has 0 aromatic heterocycles. The third-order valence-corrected chi connectivity index (χ3v) is 3.63. The van der Waals surface area contributed by atoms with Crippen molar-refractivity contribution >= 4 is 29.2 Å². The molecule has 0 unspecified atom stereocenters. The number of thioether (sulfide) groups is 1. The minimum absolute atomic E-state index is 0.0359. The molecule has 0 heterocycles. The van der Waals surface area contributed by atoms with Crippen LogP contribution in [0.1, 0.15) is 25.8 Å². The highest BCUT2D eigenvalue weighted by molar-refractivity contribution is 7.99. The molecule has 0 spiro atoms. The second-order valence-corrected chi connectivity index (χ2v) is 5.73. The molecule has 17 heavy (non-hydrogen) atoms. The summed E-state index contributed by atoms with van der Waals surface area (Å²) in [6.45, 7) is 4.41. The summed E-state index contributed by atoms with van der Waals surface area (Å²) in [6.07, 6.45) is 1.17. The Morgan fingerprint density at radius 3 is 2.76 bits per heavy atom. The molecule has 94 valence electrons. The van der Waals surface area contributed by atoms with E-state index in [1.54, 1.807) is 17.8 Å². The van der Waals surface area contributed by atoms with Gasteiger partial charge >= 0.3 is 0 Å². The van der Waals surface area contributed by atoms with Gasteiger partial charge in [0.05, 0.1) is 5.02 Å². The first-order chi connectivity index (χ1) is 8.04. The molecule has 0 aliphatic carbocycles. The van der Waals surface area contributed by atoms with Crippen LogP contribution in [0, 0.1) is 5.92 Å². The van der Waals surface area contributed by atoms with Gasteiger partial charge < -0.3 is 10.9 Å². The summed E-state index contributed by atoms with van der Waals surface area (Å²) in [4.78, 5) is 1.10. The van der Waals surface area contributed by atoms with Gasteiger partial charge in [-0.05, 0) is 36.3 Å². The van der Waals surface area contributed by atoms with E-state index in [1.807, 2.05) is 12.1 Å². The molecular formula is C12H17ClN2OS. The van der Waals surface area contributed by atoms with Crippen molar-refractivity contribution in [1.82, 2.24) is 0 Å². The fourth-order valence-corrected chi connectivity index (χ4v) is 2.79. The van der Waals surface area contributed by atoms with Gasteiger partial charge in [-0.2, -0.15) is 0 Å². The SMILES string of the molecule is CC(C)CCSc1ccc(/C(N)=N/O)c(Cl)c1. The topological polar surface area (TPSA) is 58.6 Å². The summed E-state index contributed by atoms with van der Waals surface area (Å²) in [6, 6.07) is 5.55. The van der Waals surface area contributed by atoms with Gasteiger partial charge in [0, 0.05) is 10.5 Å². The Kier molecular flexibility index (Phi) is 5.65. The van der Waals surface area contributed by atoms with E-state index in [-0.39, 0.29) is 5.84 Å². The van der Waals surface area contributed by atoms with Crippen LogP contribution in [0.15, 0.2) is 28.3 Å². The van der Waals surface area contributed by atoms with Gasteiger partial charge in [0.25, 0.3) is 0 Å². The normalized spacial score (nSPS) is 12.1. The molecule has 0 bridgehead atoms. The predicted molar refractivity (Wildman–Crippen MR) is 74.1 cm³/mol. The van der Waals surface area contributed by atoms with Crippen molar-refractivity contribution in [3.05, 3.63) is 28.8 Å². The van der Waals surface area contributed by atoms with Crippen LogP contribution in [-0.4, -0.2) is 16.8 Å². The lowest BCUT2D eigenvalue weighted by Gasteiger charge is -2.07. The molecular weight excluding hydrogens is 256 g/mol. The summed E-state index contributed by atoms with van der Waals surface area (Å²) < 4.78 is 0. The Hall–Kier alpha value is -0.870. The third kappa shape index (κ3) is 4.48. The van der Waals surface area contributed by atoms with Crippen LogP contribution in [-0.2, 0) is 0 Å². The maximum absolute atomic E-state index is 8.58. The summed E-state index contributed by atoms with van der Waals surface area (Å²) >= 11 is 7.82. The van der Waals surface area contributed by atoms with Gasteiger partial charge in [0.2, 0.25) is 0 Å². The number of halogens is 1. The lowest BCUT2D eigenvalue weighted by molar-refractivity contribution is 0.318. The molecule has 3 nitrogen and oxygen atoms in total. The minimum Gasteiger partial charge on any atom is -0.409 e. The molecule has 0 saturated heterocycles. The van der Waals surface area contributed by atoms with E-state index < -0.39 is 0 Å². The Bertz CT molecular complexity index is 407. The zero-order valence-corrected chi connectivity index (χ0v) is 11.6. The predicted octanol–water partition coefficient (Wildman–Crippen LogP) is 3.57. The van der Waals surface area contributed by atoms with Crippen molar-refractivity contribution < 1.29 is 5.21 Å². The van der Waals surface area contributed by atoms with E-state index in [0.29, 0.717) is 16.5 Å². The Balaban J connectivity index is 2.69. The second-order valence-electron chi connectivity index (χ2n) is 4.16. The molecule has 3 N–H and O–H groups in total. The lowest BCUT2D eigenvalue weighted by atomic mass is 10.2. The Morgan fingerprint density at radius 1 is 1.53 bits per heavy atom. The van der Waals surface area contributed by atoms with Crippen molar-refractivity contribution in [3.63, 3.8) is 0 Å². The zero-order chi connectivity index (χ0) is 12.8. The van der Waals surface area contributed by atoms with E-state index in [0.717, 1.165) is 10.6 Å². The van der Waals surface area contributed by atoms with Gasteiger partial charge in [-0.15, -0.1) is 11.8 Å². The maximum Gasteiger partial charge on any atom is 0.171 e. The molecule has 0 atom stereocenters. The van der Waals surface area contributed by atoms with Crippen LogP contribution in [0.5, 0.6) is 0 Å². The quantitative estimate of drug-likeness (QED) is 0.283. The van der Waals surface area contributed by atoms with Gasteiger partial charge in [-0.3, -0.25) is 0 Å². The van der Waals surface area contributed by atoms with Crippen molar-refractivity contribution in [2.75, 3.05) is 5.75 Å². The maximum atomic E-state index is 8.58. The molecule has 0 amide bonds. The summed E-state index contributed by atoms with van der Waals surface area (Å²) in [5.74, 6) is 1.81. The van der Waals surface area contributed by atoms with Gasteiger partial charge in [-0.1, -0.05) is 30.6 Å². The van der Waals surface area contributed by atoms with E-state index in [2.05, 4.69) is 19.0 Å². The summed E-state index contributed by atoms with van der Waals surface area (Å²) in [5.41, 5.74) is 6.05. The van der Waals surface area contributed by atoms with Gasteiger partial charge in [0.1, 0.15) is 0 Å². The average Bonchev–Trinajstić information content (AvgIpc) is 2.28. The zero-order valence-electron chi connectivity index (χ0n) is 9.98. The van der Waals surface area contributed by atoms with Crippen LogP contribution < -0.4 is 5.73 Å². The van der Waals surface area contributed by atoms with Gasteiger partial charge in [-0.25, -0.2) is 0 Å². The lowest BCUT2D eigenvalue weighted by Crippen LogP contribution is -2.13. The highest BCUT2D eigenvalue weighted by atomic mass is 35.5. The van der Waals surface area contributed by atoms with Gasteiger partial charge in [0.15, 0.2) is 5.84 Å². The molecule has 1 rings (SSSR count). The minimum atomic E-state index is 0.0359. The molecule has 1 aromatic rings. The number of benzene rings is 1. The summed E-state index contributed by atoms with van der Waals surface area (Å²) in [5, 5.41) is 12.0. The number of amidine groups is 1. The summed E-state index contributed by atoms with van der Waals surface area (Å²) in [7, 11) is 0.